The minimum atomic E-state index is -0.0782. The Balaban J connectivity index is 1.86. The Morgan fingerprint density at radius 1 is 1.15 bits per heavy atom. The fourth-order valence-electron chi connectivity index (χ4n) is 2.50. The molecule has 5 heteroatoms. The molecule has 0 spiro atoms. The average molecular weight is 354 g/mol. The third-order valence-electron chi connectivity index (χ3n) is 3.62. The van der Waals surface area contributed by atoms with Gasteiger partial charge in [0.05, 0.1) is 18.8 Å². The summed E-state index contributed by atoms with van der Waals surface area (Å²) in [5.41, 5.74) is 1.80. The van der Waals surface area contributed by atoms with Crippen LogP contribution >= 0.6 is 0 Å². The molecule has 0 saturated carbocycles. The number of para-hydroxylation sites is 2. The molecule has 0 unspecified atom stereocenters. The fraction of sp³-hybridized carbons (Fsp3) is 0.286. The van der Waals surface area contributed by atoms with Crippen LogP contribution in [0.1, 0.15) is 12.5 Å². The number of anilines is 1. The third kappa shape index (κ3) is 6.26. The lowest BCUT2D eigenvalue weighted by Gasteiger charge is -2.17. The first kappa shape index (κ1) is 19.5. The molecule has 138 valence electrons. The van der Waals surface area contributed by atoms with E-state index in [1.165, 1.54) is 0 Å². The first-order valence-corrected chi connectivity index (χ1v) is 8.65. The average Bonchev–Trinajstić information content (AvgIpc) is 2.63. The summed E-state index contributed by atoms with van der Waals surface area (Å²) >= 11 is 0. The van der Waals surface area contributed by atoms with Gasteiger partial charge in [-0.25, -0.2) is 0 Å². The van der Waals surface area contributed by atoms with Crippen molar-refractivity contribution in [2.45, 2.75) is 13.5 Å². The second-order valence-corrected chi connectivity index (χ2v) is 5.89. The monoisotopic (exact) mass is 354 g/mol. The molecule has 1 N–H and O–H groups in total. The molecule has 0 aliphatic rings. The smallest absolute Gasteiger partial charge is 0.238 e. The predicted octanol–water partition coefficient (Wildman–Crippen LogP) is 3.72. The van der Waals surface area contributed by atoms with Crippen molar-refractivity contribution in [3.63, 3.8) is 0 Å². The van der Waals surface area contributed by atoms with Crippen LogP contribution in [0.25, 0.3) is 0 Å². The van der Waals surface area contributed by atoms with E-state index >= 15 is 0 Å². The van der Waals surface area contributed by atoms with Crippen LogP contribution in [0.5, 0.6) is 11.5 Å². The van der Waals surface area contributed by atoms with Gasteiger partial charge >= 0.3 is 0 Å². The van der Waals surface area contributed by atoms with Crippen molar-refractivity contribution in [1.82, 2.24) is 4.90 Å². The van der Waals surface area contributed by atoms with Crippen LogP contribution < -0.4 is 14.8 Å². The number of hydrogen-bond acceptors (Lipinski definition) is 4. The standard InChI is InChI=1S/C21H26N2O3/c1-4-14-26-18-12-10-17(11-13-18)15-23(3)16-21(24)22-19-8-6-7-9-20(19)25-5-2/h4,6-13H,1,5,14-16H2,2-3H3,(H,22,24). The number of carbonyl (C=O) groups excluding carboxylic acids is 1. The summed E-state index contributed by atoms with van der Waals surface area (Å²) in [5, 5.41) is 2.91. The maximum absolute atomic E-state index is 12.3. The molecule has 0 aromatic heterocycles. The number of hydrogen-bond donors (Lipinski definition) is 1. The lowest BCUT2D eigenvalue weighted by atomic mass is 10.2. The van der Waals surface area contributed by atoms with Crippen molar-refractivity contribution in [2.75, 3.05) is 32.1 Å². The van der Waals surface area contributed by atoms with Gasteiger partial charge in [-0.05, 0) is 43.8 Å². The summed E-state index contributed by atoms with van der Waals surface area (Å²) in [4.78, 5) is 14.3. The molecule has 1 amide bonds. The summed E-state index contributed by atoms with van der Waals surface area (Å²) in [6, 6.07) is 15.3. The van der Waals surface area contributed by atoms with Gasteiger partial charge in [-0.2, -0.15) is 0 Å². The minimum absolute atomic E-state index is 0.0782. The first-order valence-electron chi connectivity index (χ1n) is 8.65. The number of benzene rings is 2. The van der Waals surface area contributed by atoms with Gasteiger partial charge in [-0.15, -0.1) is 0 Å². The second kappa shape index (κ2) is 10.3. The third-order valence-corrected chi connectivity index (χ3v) is 3.62. The number of nitrogens with zero attached hydrogens (tertiary/aromatic N) is 1. The molecule has 0 bridgehead atoms. The lowest BCUT2D eigenvalue weighted by molar-refractivity contribution is -0.117. The number of amides is 1. The predicted molar refractivity (Wildman–Crippen MR) is 105 cm³/mol. The summed E-state index contributed by atoms with van der Waals surface area (Å²) in [5.74, 6) is 1.41. The quantitative estimate of drug-likeness (QED) is 0.661. The zero-order valence-electron chi connectivity index (χ0n) is 15.4. The van der Waals surface area contributed by atoms with Crippen molar-refractivity contribution < 1.29 is 14.3 Å². The van der Waals surface area contributed by atoms with Crippen molar-refractivity contribution in [3.8, 4) is 11.5 Å². The molecular formula is C21H26N2O3. The Bertz CT molecular complexity index is 713. The van der Waals surface area contributed by atoms with E-state index in [4.69, 9.17) is 9.47 Å². The van der Waals surface area contributed by atoms with Crippen molar-refractivity contribution >= 4 is 11.6 Å². The molecule has 26 heavy (non-hydrogen) atoms. The normalized spacial score (nSPS) is 10.4. The van der Waals surface area contributed by atoms with Crippen molar-refractivity contribution in [2.24, 2.45) is 0 Å². The van der Waals surface area contributed by atoms with E-state index in [9.17, 15) is 4.79 Å². The van der Waals surface area contributed by atoms with E-state index in [1.807, 2.05) is 67.4 Å². The van der Waals surface area contributed by atoms with Crippen LogP contribution in [-0.4, -0.2) is 37.6 Å². The highest BCUT2D eigenvalue weighted by Crippen LogP contribution is 2.23. The zero-order chi connectivity index (χ0) is 18.8. The molecule has 0 atom stereocenters. The number of likely N-dealkylation sites (N-methyl/N-ethyl adjacent to an activating group) is 1. The Morgan fingerprint density at radius 3 is 2.58 bits per heavy atom. The van der Waals surface area contributed by atoms with E-state index in [0.717, 1.165) is 11.3 Å². The van der Waals surface area contributed by atoms with Gasteiger partial charge < -0.3 is 14.8 Å². The molecule has 5 nitrogen and oxygen atoms in total. The van der Waals surface area contributed by atoms with Gasteiger partial charge in [0.1, 0.15) is 18.1 Å². The first-order chi connectivity index (χ1) is 12.6. The molecule has 0 radical (unpaired) electrons. The van der Waals surface area contributed by atoms with Gasteiger partial charge in [-0.3, -0.25) is 9.69 Å². The van der Waals surface area contributed by atoms with Gasteiger partial charge in [0.25, 0.3) is 0 Å². The van der Waals surface area contributed by atoms with E-state index in [0.29, 0.717) is 31.2 Å². The second-order valence-electron chi connectivity index (χ2n) is 5.89. The Hall–Kier alpha value is -2.79. The van der Waals surface area contributed by atoms with Gasteiger partial charge in [0.15, 0.2) is 0 Å². The highest BCUT2D eigenvalue weighted by Gasteiger charge is 2.10. The molecular weight excluding hydrogens is 328 g/mol. The van der Waals surface area contributed by atoms with Crippen molar-refractivity contribution in [3.05, 3.63) is 66.7 Å². The highest BCUT2D eigenvalue weighted by molar-refractivity contribution is 5.93. The van der Waals surface area contributed by atoms with E-state index < -0.39 is 0 Å². The molecule has 0 heterocycles. The van der Waals surface area contributed by atoms with Crippen LogP contribution in [0.3, 0.4) is 0 Å². The molecule has 0 saturated heterocycles. The van der Waals surface area contributed by atoms with Gasteiger partial charge in [-0.1, -0.05) is 36.9 Å². The van der Waals surface area contributed by atoms with Crippen LogP contribution in [0.2, 0.25) is 0 Å². The lowest BCUT2D eigenvalue weighted by Crippen LogP contribution is -2.30. The molecule has 0 aliphatic heterocycles. The summed E-state index contributed by atoms with van der Waals surface area (Å²) in [6.45, 7) is 7.54. The molecule has 2 aromatic rings. The van der Waals surface area contributed by atoms with Crippen LogP contribution in [0.4, 0.5) is 5.69 Å². The maximum atomic E-state index is 12.3. The molecule has 0 fully saturated rings. The van der Waals surface area contributed by atoms with Gasteiger partial charge in [0, 0.05) is 6.54 Å². The van der Waals surface area contributed by atoms with Crippen LogP contribution in [0, 0.1) is 0 Å². The summed E-state index contributed by atoms with van der Waals surface area (Å²) in [6.07, 6.45) is 1.71. The summed E-state index contributed by atoms with van der Waals surface area (Å²) < 4.78 is 11.0. The van der Waals surface area contributed by atoms with Crippen molar-refractivity contribution in [1.29, 1.82) is 0 Å². The number of ether oxygens (including phenoxy) is 2. The molecule has 0 aliphatic carbocycles. The SMILES string of the molecule is C=CCOc1ccc(CN(C)CC(=O)Nc2ccccc2OCC)cc1. The minimum Gasteiger partial charge on any atom is -0.492 e. The number of carbonyl (C=O) groups is 1. The maximum Gasteiger partial charge on any atom is 0.238 e. The van der Waals surface area contributed by atoms with E-state index in [1.54, 1.807) is 6.08 Å². The fourth-order valence-corrected chi connectivity index (χ4v) is 2.50. The Morgan fingerprint density at radius 2 is 1.88 bits per heavy atom. The number of rotatable bonds is 10. The highest BCUT2D eigenvalue weighted by atomic mass is 16.5. The molecule has 2 aromatic carbocycles. The topological polar surface area (TPSA) is 50.8 Å². The summed E-state index contributed by atoms with van der Waals surface area (Å²) in [7, 11) is 1.91. The van der Waals surface area contributed by atoms with E-state index in [2.05, 4.69) is 11.9 Å². The zero-order valence-corrected chi connectivity index (χ0v) is 15.4. The number of nitrogens with one attached hydrogen (secondary N) is 1. The Labute approximate surface area is 155 Å². The van der Waals surface area contributed by atoms with E-state index in [-0.39, 0.29) is 12.5 Å². The van der Waals surface area contributed by atoms with Crippen LogP contribution in [0.15, 0.2) is 61.2 Å². The van der Waals surface area contributed by atoms with Gasteiger partial charge in [0.2, 0.25) is 5.91 Å². The molecule has 2 rings (SSSR count). The largest absolute Gasteiger partial charge is 0.492 e. The Kier molecular flexibility index (Phi) is 7.71. The van der Waals surface area contributed by atoms with Crippen LogP contribution in [-0.2, 0) is 11.3 Å².